The Morgan fingerprint density at radius 2 is 2.11 bits per heavy atom. The highest BCUT2D eigenvalue weighted by Crippen LogP contribution is 2.28. The van der Waals surface area contributed by atoms with Crippen molar-refractivity contribution in [3.63, 3.8) is 0 Å². The van der Waals surface area contributed by atoms with Crippen molar-refractivity contribution >= 4 is 17.4 Å². The van der Waals surface area contributed by atoms with Gasteiger partial charge in [0.25, 0.3) is 0 Å². The third kappa shape index (κ3) is 2.94. The van der Waals surface area contributed by atoms with Gasteiger partial charge >= 0.3 is 0 Å². The summed E-state index contributed by atoms with van der Waals surface area (Å²) < 4.78 is 5.52. The molecule has 3 N–H and O–H groups in total. The van der Waals surface area contributed by atoms with E-state index in [9.17, 15) is 4.79 Å². The zero-order valence-corrected chi connectivity index (χ0v) is 9.75. The quantitative estimate of drug-likeness (QED) is 0.859. The highest BCUT2D eigenvalue weighted by molar-refractivity contribution is 5.90. The first-order chi connectivity index (χ1) is 8.65. The summed E-state index contributed by atoms with van der Waals surface area (Å²) in [5.41, 5.74) is 6.07. The lowest BCUT2D eigenvalue weighted by molar-refractivity contribution is -0.114. The van der Waals surface area contributed by atoms with Crippen LogP contribution in [0.2, 0.25) is 0 Å². The molecule has 6 heteroatoms. The zero-order valence-electron chi connectivity index (χ0n) is 9.75. The molecular formula is C12H12N4O2. The Morgan fingerprint density at radius 3 is 2.83 bits per heavy atom. The van der Waals surface area contributed by atoms with Crippen LogP contribution >= 0.6 is 0 Å². The van der Waals surface area contributed by atoms with Crippen LogP contribution in [0.25, 0.3) is 0 Å². The molecule has 1 aromatic carbocycles. The van der Waals surface area contributed by atoms with E-state index in [1.165, 1.54) is 19.3 Å². The summed E-state index contributed by atoms with van der Waals surface area (Å²) in [6.45, 7) is 1.43. The average molecular weight is 244 g/mol. The molecule has 0 saturated carbocycles. The molecule has 1 aromatic heterocycles. The van der Waals surface area contributed by atoms with Gasteiger partial charge in [-0.2, -0.15) is 4.98 Å². The van der Waals surface area contributed by atoms with E-state index in [2.05, 4.69) is 15.3 Å². The van der Waals surface area contributed by atoms with Gasteiger partial charge in [-0.05, 0) is 12.1 Å². The SMILES string of the molecule is CC(=O)Nc1ccccc1Oc1cncc(N)n1. The first-order valence-electron chi connectivity index (χ1n) is 5.27. The van der Waals surface area contributed by atoms with Gasteiger partial charge in [0.15, 0.2) is 5.75 Å². The lowest BCUT2D eigenvalue weighted by atomic mass is 10.3. The maximum atomic E-state index is 11.1. The fourth-order valence-electron chi connectivity index (χ4n) is 1.37. The highest BCUT2D eigenvalue weighted by Gasteiger charge is 2.06. The zero-order chi connectivity index (χ0) is 13.0. The number of nitrogens with two attached hydrogens (primary N) is 1. The number of nitrogen functional groups attached to an aromatic ring is 1. The molecule has 18 heavy (non-hydrogen) atoms. The van der Waals surface area contributed by atoms with Gasteiger partial charge in [-0.1, -0.05) is 12.1 Å². The van der Waals surface area contributed by atoms with E-state index in [1.807, 2.05) is 0 Å². The number of benzene rings is 1. The van der Waals surface area contributed by atoms with Crippen LogP contribution in [0.5, 0.6) is 11.6 Å². The number of carbonyl (C=O) groups is 1. The van der Waals surface area contributed by atoms with Crippen molar-refractivity contribution in [2.75, 3.05) is 11.1 Å². The predicted molar refractivity (Wildman–Crippen MR) is 67.3 cm³/mol. The van der Waals surface area contributed by atoms with E-state index in [-0.39, 0.29) is 17.6 Å². The van der Waals surface area contributed by atoms with Crippen molar-refractivity contribution < 1.29 is 9.53 Å². The van der Waals surface area contributed by atoms with Crippen LogP contribution in [0, 0.1) is 0 Å². The molecule has 0 bridgehead atoms. The maximum Gasteiger partial charge on any atom is 0.239 e. The Hall–Kier alpha value is -2.63. The van der Waals surface area contributed by atoms with Gasteiger partial charge in [-0.3, -0.25) is 9.78 Å². The Balaban J connectivity index is 2.26. The van der Waals surface area contributed by atoms with Crippen LogP contribution < -0.4 is 15.8 Å². The number of nitrogens with one attached hydrogen (secondary N) is 1. The number of aromatic nitrogens is 2. The minimum Gasteiger partial charge on any atom is -0.435 e. The Kier molecular flexibility index (Phi) is 3.38. The number of ether oxygens (including phenoxy) is 1. The third-order valence-corrected chi connectivity index (χ3v) is 2.04. The van der Waals surface area contributed by atoms with E-state index >= 15 is 0 Å². The van der Waals surface area contributed by atoms with Crippen LogP contribution in [0.1, 0.15) is 6.92 Å². The summed E-state index contributed by atoms with van der Waals surface area (Å²) >= 11 is 0. The van der Waals surface area contributed by atoms with Gasteiger partial charge in [0, 0.05) is 6.92 Å². The largest absolute Gasteiger partial charge is 0.435 e. The average Bonchev–Trinajstić information content (AvgIpc) is 2.31. The monoisotopic (exact) mass is 244 g/mol. The molecule has 0 spiro atoms. The number of carbonyl (C=O) groups excluding carboxylic acids is 1. The van der Waals surface area contributed by atoms with Gasteiger partial charge in [-0.25, -0.2) is 0 Å². The topological polar surface area (TPSA) is 90.1 Å². The number of nitrogens with zero attached hydrogens (tertiary/aromatic N) is 2. The Morgan fingerprint density at radius 1 is 1.33 bits per heavy atom. The van der Waals surface area contributed by atoms with Gasteiger partial charge in [0.2, 0.25) is 11.8 Å². The second-order valence-electron chi connectivity index (χ2n) is 3.56. The van der Waals surface area contributed by atoms with Crippen LogP contribution in [0.4, 0.5) is 11.5 Å². The number of para-hydroxylation sites is 2. The summed E-state index contributed by atoms with van der Waals surface area (Å²) in [5, 5.41) is 2.66. The Labute approximate surface area is 104 Å². The highest BCUT2D eigenvalue weighted by atomic mass is 16.5. The number of rotatable bonds is 3. The van der Waals surface area contributed by atoms with Crippen molar-refractivity contribution in [2.45, 2.75) is 6.92 Å². The van der Waals surface area contributed by atoms with Crippen molar-refractivity contribution in [3.05, 3.63) is 36.7 Å². The van der Waals surface area contributed by atoms with Gasteiger partial charge in [0.05, 0.1) is 18.1 Å². The molecule has 2 rings (SSSR count). The summed E-state index contributed by atoms with van der Waals surface area (Å²) in [7, 11) is 0. The number of hydrogen-bond donors (Lipinski definition) is 2. The van der Waals surface area contributed by atoms with E-state index < -0.39 is 0 Å². The summed E-state index contributed by atoms with van der Waals surface area (Å²) in [4.78, 5) is 18.9. The summed E-state index contributed by atoms with van der Waals surface area (Å²) in [6.07, 6.45) is 2.87. The molecule has 1 heterocycles. The van der Waals surface area contributed by atoms with Crippen LogP contribution in [0.3, 0.4) is 0 Å². The molecule has 1 amide bonds. The molecular weight excluding hydrogens is 232 g/mol. The van der Waals surface area contributed by atoms with Crippen molar-refractivity contribution in [1.82, 2.24) is 9.97 Å². The minimum absolute atomic E-state index is 0.176. The van der Waals surface area contributed by atoms with Crippen LogP contribution in [-0.4, -0.2) is 15.9 Å². The van der Waals surface area contributed by atoms with Crippen LogP contribution in [0.15, 0.2) is 36.7 Å². The van der Waals surface area contributed by atoms with E-state index in [4.69, 9.17) is 10.5 Å². The molecule has 0 fully saturated rings. The second kappa shape index (κ2) is 5.13. The van der Waals surface area contributed by atoms with E-state index in [0.717, 1.165) is 0 Å². The molecule has 0 aliphatic heterocycles. The molecule has 0 unspecified atom stereocenters. The summed E-state index contributed by atoms with van der Waals surface area (Å²) in [5.74, 6) is 0.842. The Bertz CT molecular complexity index is 572. The minimum atomic E-state index is -0.176. The van der Waals surface area contributed by atoms with Crippen LogP contribution in [-0.2, 0) is 4.79 Å². The standard InChI is InChI=1S/C12H12N4O2/c1-8(17)15-9-4-2-3-5-10(9)18-12-7-14-6-11(13)16-12/h2-7H,1H3,(H2,13,16)(H,15,17). The number of anilines is 2. The third-order valence-electron chi connectivity index (χ3n) is 2.04. The number of hydrogen-bond acceptors (Lipinski definition) is 5. The smallest absolute Gasteiger partial charge is 0.239 e. The lowest BCUT2D eigenvalue weighted by Crippen LogP contribution is -2.07. The molecule has 2 aromatic rings. The van der Waals surface area contributed by atoms with Gasteiger partial charge in [-0.15, -0.1) is 0 Å². The molecule has 0 aliphatic rings. The molecule has 0 radical (unpaired) electrons. The molecule has 0 aliphatic carbocycles. The predicted octanol–water partition coefficient (Wildman–Crippen LogP) is 1.81. The number of amides is 1. The fraction of sp³-hybridized carbons (Fsp3) is 0.0833. The second-order valence-corrected chi connectivity index (χ2v) is 3.56. The molecule has 92 valence electrons. The molecule has 0 atom stereocenters. The lowest BCUT2D eigenvalue weighted by Gasteiger charge is -2.10. The van der Waals surface area contributed by atoms with Crippen molar-refractivity contribution in [3.8, 4) is 11.6 Å². The van der Waals surface area contributed by atoms with Gasteiger partial charge in [0.1, 0.15) is 5.82 Å². The first-order valence-corrected chi connectivity index (χ1v) is 5.27. The fourth-order valence-corrected chi connectivity index (χ4v) is 1.37. The normalized spacial score (nSPS) is 9.83. The maximum absolute atomic E-state index is 11.1. The van der Waals surface area contributed by atoms with Gasteiger partial charge < -0.3 is 15.8 Å². The first kappa shape index (κ1) is 11.8. The van der Waals surface area contributed by atoms with Crippen molar-refractivity contribution in [2.24, 2.45) is 0 Å². The van der Waals surface area contributed by atoms with E-state index in [0.29, 0.717) is 11.4 Å². The molecule has 6 nitrogen and oxygen atoms in total. The summed E-state index contributed by atoms with van der Waals surface area (Å²) in [6, 6.07) is 7.04. The molecule has 0 saturated heterocycles. The van der Waals surface area contributed by atoms with Crippen molar-refractivity contribution in [1.29, 1.82) is 0 Å². The van der Waals surface area contributed by atoms with E-state index in [1.54, 1.807) is 24.3 Å².